The lowest BCUT2D eigenvalue weighted by Crippen LogP contribution is -2.40. The van der Waals surface area contributed by atoms with Crippen molar-refractivity contribution < 1.29 is 4.79 Å². The van der Waals surface area contributed by atoms with E-state index >= 15 is 0 Å². The monoisotopic (exact) mass is 317 g/mol. The van der Waals surface area contributed by atoms with Crippen LogP contribution in [0.2, 0.25) is 0 Å². The molecule has 0 spiro atoms. The van der Waals surface area contributed by atoms with E-state index in [0.717, 1.165) is 11.0 Å². The molecule has 0 fully saturated rings. The molecule has 0 bridgehead atoms. The highest BCUT2D eigenvalue weighted by Gasteiger charge is 2.09. The lowest BCUT2D eigenvalue weighted by Gasteiger charge is -2.08. The van der Waals surface area contributed by atoms with Crippen LogP contribution in [0.1, 0.15) is 20.3 Å². The second kappa shape index (κ2) is 6.53. The van der Waals surface area contributed by atoms with E-state index in [2.05, 4.69) is 40.1 Å². The SMILES string of the molecule is CC(C)CCNC(=O)Cn1c(=O)[nH]cc(Br)c1=O. The average Bonchev–Trinajstić information content (AvgIpc) is 2.29. The molecule has 0 saturated carbocycles. The predicted molar refractivity (Wildman–Crippen MR) is 71.5 cm³/mol. The Labute approximate surface area is 113 Å². The number of halogens is 1. The van der Waals surface area contributed by atoms with Gasteiger partial charge < -0.3 is 10.3 Å². The number of carbonyl (C=O) groups excluding carboxylic acids is 1. The van der Waals surface area contributed by atoms with E-state index in [4.69, 9.17) is 0 Å². The maximum atomic E-state index is 11.6. The van der Waals surface area contributed by atoms with Gasteiger partial charge in [0.1, 0.15) is 6.54 Å². The number of carbonyl (C=O) groups is 1. The average molecular weight is 318 g/mol. The molecule has 1 amide bonds. The van der Waals surface area contributed by atoms with E-state index in [1.165, 1.54) is 6.20 Å². The highest BCUT2D eigenvalue weighted by atomic mass is 79.9. The largest absolute Gasteiger partial charge is 0.355 e. The number of aromatic amines is 1. The summed E-state index contributed by atoms with van der Waals surface area (Å²) in [6, 6.07) is 0. The molecule has 2 N–H and O–H groups in total. The Morgan fingerprint density at radius 2 is 2.17 bits per heavy atom. The van der Waals surface area contributed by atoms with Crippen molar-refractivity contribution in [2.24, 2.45) is 5.92 Å². The third kappa shape index (κ3) is 4.14. The molecule has 1 aromatic rings. The van der Waals surface area contributed by atoms with Crippen LogP contribution in [0.4, 0.5) is 0 Å². The molecule has 1 rings (SSSR count). The predicted octanol–water partition coefficient (Wildman–Crippen LogP) is 0.461. The minimum Gasteiger partial charge on any atom is -0.355 e. The number of H-pyrrole nitrogens is 1. The number of rotatable bonds is 5. The van der Waals surface area contributed by atoms with E-state index in [-0.39, 0.29) is 16.9 Å². The summed E-state index contributed by atoms with van der Waals surface area (Å²) in [5.74, 6) is 0.142. The first-order chi connectivity index (χ1) is 8.41. The number of aromatic nitrogens is 2. The zero-order valence-corrected chi connectivity index (χ0v) is 11.9. The first-order valence-electron chi connectivity index (χ1n) is 5.66. The van der Waals surface area contributed by atoms with Crippen LogP contribution in [0.15, 0.2) is 20.3 Å². The molecule has 0 aliphatic rings. The lowest BCUT2D eigenvalue weighted by molar-refractivity contribution is -0.121. The maximum Gasteiger partial charge on any atom is 0.328 e. The fraction of sp³-hybridized carbons (Fsp3) is 0.545. The zero-order chi connectivity index (χ0) is 13.7. The summed E-state index contributed by atoms with van der Waals surface area (Å²) in [6.45, 7) is 4.37. The second-order valence-electron chi connectivity index (χ2n) is 4.37. The molecular formula is C11H16BrN3O3. The third-order valence-electron chi connectivity index (χ3n) is 2.36. The van der Waals surface area contributed by atoms with Crippen LogP contribution >= 0.6 is 15.9 Å². The van der Waals surface area contributed by atoms with Crippen molar-refractivity contribution >= 4 is 21.8 Å². The van der Waals surface area contributed by atoms with Crippen LogP contribution in [0.3, 0.4) is 0 Å². The summed E-state index contributed by atoms with van der Waals surface area (Å²) >= 11 is 3.01. The summed E-state index contributed by atoms with van der Waals surface area (Å²) < 4.78 is 1.08. The van der Waals surface area contributed by atoms with Crippen molar-refractivity contribution in [3.05, 3.63) is 31.5 Å². The third-order valence-corrected chi connectivity index (χ3v) is 2.93. The highest BCUT2D eigenvalue weighted by Crippen LogP contribution is 1.97. The maximum absolute atomic E-state index is 11.6. The van der Waals surface area contributed by atoms with Gasteiger partial charge in [-0.25, -0.2) is 9.36 Å². The van der Waals surface area contributed by atoms with E-state index in [1.807, 2.05) is 0 Å². The number of nitrogens with zero attached hydrogens (tertiary/aromatic N) is 1. The lowest BCUT2D eigenvalue weighted by atomic mass is 10.1. The molecule has 0 aromatic carbocycles. The Balaban J connectivity index is 2.68. The molecule has 0 radical (unpaired) electrons. The molecule has 7 heteroatoms. The fourth-order valence-electron chi connectivity index (χ4n) is 1.33. The van der Waals surface area contributed by atoms with E-state index in [0.29, 0.717) is 12.5 Å². The van der Waals surface area contributed by atoms with Crippen LogP contribution in [-0.2, 0) is 11.3 Å². The Kier molecular flexibility index (Phi) is 5.33. The van der Waals surface area contributed by atoms with Crippen LogP contribution in [0.25, 0.3) is 0 Å². The second-order valence-corrected chi connectivity index (χ2v) is 5.22. The van der Waals surface area contributed by atoms with Crippen molar-refractivity contribution in [2.75, 3.05) is 6.54 Å². The zero-order valence-electron chi connectivity index (χ0n) is 10.3. The van der Waals surface area contributed by atoms with Gasteiger partial charge in [0.25, 0.3) is 5.56 Å². The highest BCUT2D eigenvalue weighted by molar-refractivity contribution is 9.10. The normalized spacial score (nSPS) is 10.7. The van der Waals surface area contributed by atoms with Gasteiger partial charge in [0.2, 0.25) is 5.91 Å². The van der Waals surface area contributed by atoms with Gasteiger partial charge in [-0.05, 0) is 28.3 Å². The van der Waals surface area contributed by atoms with Crippen LogP contribution in [0.5, 0.6) is 0 Å². The van der Waals surface area contributed by atoms with Gasteiger partial charge in [-0.3, -0.25) is 9.59 Å². The van der Waals surface area contributed by atoms with E-state index < -0.39 is 11.2 Å². The smallest absolute Gasteiger partial charge is 0.328 e. The van der Waals surface area contributed by atoms with Gasteiger partial charge in [0, 0.05) is 12.7 Å². The van der Waals surface area contributed by atoms with Gasteiger partial charge in [0.05, 0.1) is 4.47 Å². The minimum atomic E-state index is -0.595. The molecule has 0 aliphatic carbocycles. The Morgan fingerprint density at radius 3 is 2.78 bits per heavy atom. The summed E-state index contributed by atoms with van der Waals surface area (Å²) in [5.41, 5.74) is -1.11. The number of hydrogen-bond donors (Lipinski definition) is 2. The van der Waals surface area contributed by atoms with Crippen LogP contribution in [-0.4, -0.2) is 22.0 Å². The number of amides is 1. The fourth-order valence-corrected chi connectivity index (χ4v) is 1.66. The molecule has 18 heavy (non-hydrogen) atoms. The molecule has 0 unspecified atom stereocenters. The molecule has 0 atom stereocenters. The summed E-state index contributed by atoms with van der Waals surface area (Å²) in [4.78, 5) is 37.0. The van der Waals surface area contributed by atoms with Crippen molar-refractivity contribution in [3.63, 3.8) is 0 Å². The molecule has 1 heterocycles. The standard InChI is InChI=1S/C11H16BrN3O3/c1-7(2)3-4-13-9(16)6-15-10(17)8(12)5-14-11(15)18/h5,7H,3-4,6H2,1-2H3,(H,13,16)(H,14,18). The van der Waals surface area contributed by atoms with Crippen molar-refractivity contribution in [1.82, 2.24) is 14.9 Å². The molecule has 1 aromatic heterocycles. The topological polar surface area (TPSA) is 84.0 Å². The van der Waals surface area contributed by atoms with Gasteiger partial charge in [0.15, 0.2) is 0 Å². The Morgan fingerprint density at radius 1 is 1.50 bits per heavy atom. The first kappa shape index (κ1) is 14.7. The van der Waals surface area contributed by atoms with Gasteiger partial charge in [-0.1, -0.05) is 13.8 Å². The molecule has 0 aliphatic heterocycles. The molecule has 0 saturated heterocycles. The summed E-state index contributed by atoms with van der Waals surface area (Å²) in [6.07, 6.45) is 2.12. The van der Waals surface area contributed by atoms with E-state index in [1.54, 1.807) is 0 Å². The molecule has 100 valence electrons. The van der Waals surface area contributed by atoms with Crippen LogP contribution < -0.4 is 16.6 Å². The first-order valence-corrected chi connectivity index (χ1v) is 6.46. The van der Waals surface area contributed by atoms with Crippen molar-refractivity contribution in [3.8, 4) is 0 Å². The summed E-state index contributed by atoms with van der Waals surface area (Å²) in [5, 5.41) is 2.67. The number of hydrogen-bond acceptors (Lipinski definition) is 3. The van der Waals surface area contributed by atoms with Gasteiger partial charge in [-0.2, -0.15) is 0 Å². The Hall–Kier alpha value is -1.37. The van der Waals surface area contributed by atoms with Crippen LogP contribution in [0, 0.1) is 5.92 Å². The van der Waals surface area contributed by atoms with Gasteiger partial charge in [-0.15, -0.1) is 0 Å². The summed E-state index contributed by atoms with van der Waals surface area (Å²) in [7, 11) is 0. The van der Waals surface area contributed by atoms with Crippen molar-refractivity contribution in [2.45, 2.75) is 26.8 Å². The minimum absolute atomic E-state index is 0.220. The van der Waals surface area contributed by atoms with E-state index in [9.17, 15) is 14.4 Å². The quantitative estimate of drug-likeness (QED) is 0.827. The molecule has 6 nitrogen and oxygen atoms in total. The number of nitrogens with one attached hydrogen (secondary N) is 2. The molecular weight excluding hydrogens is 302 g/mol. The Bertz CT molecular complexity index is 533. The van der Waals surface area contributed by atoms with Crippen molar-refractivity contribution in [1.29, 1.82) is 0 Å². The van der Waals surface area contributed by atoms with Gasteiger partial charge >= 0.3 is 5.69 Å².